The van der Waals surface area contributed by atoms with Crippen LogP contribution in [-0.4, -0.2) is 47.0 Å². The highest BCUT2D eigenvalue weighted by Crippen LogP contribution is 2.32. The van der Waals surface area contributed by atoms with Crippen molar-refractivity contribution in [2.45, 2.75) is 52.5 Å². The number of rotatable bonds is 6. The summed E-state index contributed by atoms with van der Waals surface area (Å²) >= 11 is 0. The van der Waals surface area contributed by atoms with Gasteiger partial charge in [0, 0.05) is 6.04 Å². The maximum absolute atomic E-state index is 12.6. The lowest BCUT2D eigenvalue weighted by molar-refractivity contribution is -0.156. The van der Waals surface area contributed by atoms with Crippen molar-refractivity contribution in [3.05, 3.63) is 0 Å². The van der Waals surface area contributed by atoms with Gasteiger partial charge in [-0.25, -0.2) is 0 Å². The first-order valence-electron chi connectivity index (χ1n) is 7.57. The van der Waals surface area contributed by atoms with E-state index >= 15 is 0 Å². The summed E-state index contributed by atoms with van der Waals surface area (Å²) in [4.78, 5) is 37.0. The van der Waals surface area contributed by atoms with Crippen molar-refractivity contribution in [1.29, 1.82) is 0 Å². The maximum Gasteiger partial charge on any atom is 0.325 e. The van der Waals surface area contributed by atoms with Crippen LogP contribution < -0.4 is 0 Å². The molecule has 0 aromatic carbocycles. The highest BCUT2D eigenvalue weighted by Gasteiger charge is 2.38. The molecule has 0 aliphatic heterocycles. The largest absolute Gasteiger partial charge is 0.481 e. The molecule has 2 unspecified atom stereocenters. The van der Waals surface area contributed by atoms with E-state index in [1.807, 2.05) is 13.8 Å². The molecule has 1 N–H and O–H groups in total. The topological polar surface area (TPSA) is 83.9 Å². The molecule has 0 saturated heterocycles. The molecular formula is C15H25NO5. The van der Waals surface area contributed by atoms with Gasteiger partial charge in [-0.2, -0.15) is 0 Å². The highest BCUT2D eigenvalue weighted by atomic mass is 16.5. The number of amides is 1. The normalized spacial score (nSPS) is 21.9. The predicted octanol–water partition coefficient (Wildman–Crippen LogP) is 1.68. The molecule has 0 bridgehead atoms. The zero-order chi connectivity index (χ0) is 16.0. The zero-order valence-electron chi connectivity index (χ0n) is 13.0. The van der Waals surface area contributed by atoms with Crippen LogP contribution in [0.2, 0.25) is 0 Å². The first kappa shape index (κ1) is 17.5. The molecule has 0 aromatic heterocycles. The van der Waals surface area contributed by atoms with Crippen molar-refractivity contribution in [3.8, 4) is 0 Å². The monoisotopic (exact) mass is 299 g/mol. The lowest BCUT2D eigenvalue weighted by Crippen LogP contribution is -2.47. The highest BCUT2D eigenvalue weighted by molar-refractivity contribution is 5.87. The number of esters is 1. The van der Waals surface area contributed by atoms with E-state index in [9.17, 15) is 19.5 Å². The fraction of sp³-hybridized carbons (Fsp3) is 0.800. The number of hydrogen-bond acceptors (Lipinski definition) is 4. The molecule has 1 aliphatic carbocycles. The van der Waals surface area contributed by atoms with E-state index in [4.69, 9.17) is 4.74 Å². The Labute approximate surface area is 125 Å². The van der Waals surface area contributed by atoms with Crippen LogP contribution in [0.15, 0.2) is 0 Å². The number of ether oxygens (including phenoxy) is 1. The summed E-state index contributed by atoms with van der Waals surface area (Å²) in [5.41, 5.74) is 0. The van der Waals surface area contributed by atoms with E-state index < -0.39 is 23.8 Å². The van der Waals surface area contributed by atoms with E-state index in [0.717, 1.165) is 12.8 Å². The van der Waals surface area contributed by atoms with Crippen LogP contribution in [0.3, 0.4) is 0 Å². The van der Waals surface area contributed by atoms with Gasteiger partial charge in [-0.1, -0.05) is 12.8 Å². The van der Waals surface area contributed by atoms with Gasteiger partial charge in [-0.05, 0) is 33.6 Å². The van der Waals surface area contributed by atoms with Crippen LogP contribution in [0.25, 0.3) is 0 Å². The van der Waals surface area contributed by atoms with Gasteiger partial charge in [-0.15, -0.1) is 0 Å². The Balaban J connectivity index is 2.83. The first-order chi connectivity index (χ1) is 9.88. The van der Waals surface area contributed by atoms with E-state index in [0.29, 0.717) is 12.8 Å². The molecule has 1 amide bonds. The van der Waals surface area contributed by atoms with Crippen LogP contribution in [-0.2, 0) is 19.1 Å². The van der Waals surface area contributed by atoms with Gasteiger partial charge in [0.15, 0.2) is 0 Å². The number of nitrogens with zero attached hydrogens (tertiary/aromatic N) is 1. The fourth-order valence-electron chi connectivity index (χ4n) is 2.80. The van der Waals surface area contributed by atoms with Crippen LogP contribution in [0.5, 0.6) is 0 Å². The summed E-state index contributed by atoms with van der Waals surface area (Å²) in [6.07, 6.45) is 2.78. The molecule has 0 spiro atoms. The summed E-state index contributed by atoms with van der Waals surface area (Å²) < 4.78 is 4.89. The average Bonchev–Trinajstić information content (AvgIpc) is 2.44. The number of carboxylic acid groups (broad SMARTS) is 1. The summed E-state index contributed by atoms with van der Waals surface area (Å²) in [6.45, 7) is 5.49. The molecule has 21 heavy (non-hydrogen) atoms. The number of hydrogen-bond donors (Lipinski definition) is 1. The van der Waals surface area contributed by atoms with Gasteiger partial charge in [0.1, 0.15) is 6.54 Å². The second kappa shape index (κ2) is 8.00. The minimum Gasteiger partial charge on any atom is -0.481 e. The third-order valence-corrected chi connectivity index (χ3v) is 3.91. The van der Waals surface area contributed by atoms with Crippen LogP contribution >= 0.6 is 0 Å². The van der Waals surface area contributed by atoms with Crippen molar-refractivity contribution in [2.24, 2.45) is 11.8 Å². The molecule has 1 fully saturated rings. The quantitative estimate of drug-likeness (QED) is 0.754. The van der Waals surface area contributed by atoms with Crippen LogP contribution in [0.4, 0.5) is 0 Å². The lowest BCUT2D eigenvalue weighted by Gasteiger charge is -2.34. The second-order valence-corrected chi connectivity index (χ2v) is 5.70. The average molecular weight is 299 g/mol. The molecule has 2 atom stereocenters. The maximum atomic E-state index is 12.6. The Kier molecular flexibility index (Phi) is 6.65. The smallest absolute Gasteiger partial charge is 0.325 e. The summed E-state index contributed by atoms with van der Waals surface area (Å²) in [6, 6.07) is -0.168. The Hall–Kier alpha value is -1.59. The minimum atomic E-state index is -0.923. The van der Waals surface area contributed by atoms with Gasteiger partial charge in [0.25, 0.3) is 0 Å². The summed E-state index contributed by atoms with van der Waals surface area (Å²) in [5, 5.41) is 9.28. The fourth-order valence-corrected chi connectivity index (χ4v) is 2.80. The van der Waals surface area contributed by atoms with Crippen LogP contribution in [0, 0.1) is 11.8 Å². The third-order valence-electron chi connectivity index (χ3n) is 3.91. The summed E-state index contributed by atoms with van der Waals surface area (Å²) in [7, 11) is 0. The molecule has 1 saturated carbocycles. The van der Waals surface area contributed by atoms with Gasteiger partial charge < -0.3 is 14.7 Å². The molecule has 0 radical (unpaired) electrons. The number of carbonyl (C=O) groups is 3. The molecule has 6 heteroatoms. The zero-order valence-corrected chi connectivity index (χ0v) is 13.0. The van der Waals surface area contributed by atoms with Gasteiger partial charge in [0.05, 0.1) is 18.4 Å². The van der Waals surface area contributed by atoms with E-state index in [1.165, 1.54) is 4.90 Å². The SMILES string of the molecule is CCOC(=O)CN(C(=O)C1CCCCC1C(=O)O)C(C)C. The third kappa shape index (κ3) is 4.72. The molecule has 6 nitrogen and oxygen atoms in total. The van der Waals surface area contributed by atoms with Crippen molar-refractivity contribution in [1.82, 2.24) is 4.90 Å². The van der Waals surface area contributed by atoms with Crippen LogP contribution in [0.1, 0.15) is 46.5 Å². The Bertz CT molecular complexity index is 394. The molecule has 1 rings (SSSR count). The lowest BCUT2D eigenvalue weighted by atomic mass is 9.78. The number of aliphatic carboxylic acids is 1. The van der Waals surface area contributed by atoms with E-state index in [-0.39, 0.29) is 25.1 Å². The van der Waals surface area contributed by atoms with Crippen molar-refractivity contribution in [2.75, 3.05) is 13.2 Å². The molecule has 0 aromatic rings. The van der Waals surface area contributed by atoms with Gasteiger partial charge in [-0.3, -0.25) is 14.4 Å². The molecule has 0 heterocycles. The number of carbonyl (C=O) groups excluding carboxylic acids is 2. The molecular weight excluding hydrogens is 274 g/mol. The predicted molar refractivity (Wildman–Crippen MR) is 76.6 cm³/mol. The number of carboxylic acids is 1. The van der Waals surface area contributed by atoms with Gasteiger partial charge in [0.2, 0.25) is 5.91 Å². The Morgan fingerprint density at radius 3 is 2.24 bits per heavy atom. The Morgan fingerprint density at radius 2 is 1.76 bits per heavy atom. The van der Waals surface area contributed by atoms with Crippen molar-refractivity contribution >= 4 is 17.8 Å². The second-order valence-electron chi connectivity index (χ2n) is 5.70. The van der Waals surface area contributed by atoms with Crippen molar-refractivity contribution < 1.29 is 24.2 Å². The Morgan fingerprint density at radius 1 is 1.19 bits per heavy atom. The van der Waals surface area contributed by atoms with E-state index in [1.54, 1.807) is 6.92 Å². The standard InChI is InChI=1S/C15H25NO5/c1-4-21-13(17)9-16(10(2)3)14(18)11-7-5-6-8-12(11)15(19)20/h10-12H,4-9H2,1-3H3,(H,19,20). The van der Waals surface area contributed by atoms with Gasteiger partial charge >= 0.3 is 11.9 Å². The van der Waals surface area contributed by atoms with E-state index in [2.05, 4.69) is 0 Å². The van der Waals surface area contributed by atoms with Crippen molar-refractivity contribution in [3.63, 3.8) is 0 Å². The first-order valence-corrected chi connectivity index (χ1v) is 7.57. The molecule has 120 valence electrons. The minimum absolute atomic E-state index is 0.118. The summed E-state index contributed by atoms with van der Waals surface area (Å²) in [5.74, 6) is -2.80. The molecule has 1 aliphatic rings.